The zero-order chi connectivity index (χ0) is 64.5. The molecule has 0 rings (SSSR count). The van der Waals surface area contributed by atoms with Crippen LogP contribution in [0.1, 0.15) is 210 Å². The molecule has 0 aromatic carbocycles. The van der Waals surface area contributed by atoms with E-state index in [0.717, 1.165) is 0 Å². The van der Waals surface area contributed by atoms with Gasteiger partial charge in [-0.15, -0.1) is 0 Å². The van der Waals surface area contributed by atoms with Crippen LogP contribution in [0.2, 0.25) is 0 Å². The minimum Gasteiger partial charge on any atom is -1.00 e. The highest BCUT2D eigenvalue weighted by Crippen LogP contribution is 2.14. The van der Waals surface area contributed by atoms with Crippen molar-refractivity contribution in [1.29, 1.82) is 0 Å². The minimum atomic E-state index is -5.32. The van der Waals surface area contributed by atoms with Crippen LogP contribution >= 0.6 is 0 Å². The van der Waals surface area contributed by atoms with Gasteiger partial charge in [0.1, 0.15) is 0 Å². The molecule has 2 heteroatoms. The molecular weight excluding hydrogens is 406 g/mol. The van der Waals surface area contributed by atoms with Gasteiger partial charge in [-0.1, -0.05) is 116 Å². The standard InChI is InChI=1S/C26H56N.BrH/c1-5-7-9-11-13-15-17-19-21-23-25-27(3,4)26-24-22-20-18-16-14-12-10-8-6-2;/h5-26H2,1-4H3;1H/q+1;/p-1/i1D3,2D3,5D2,6D2,7D2,8D2,9D2,10D2,11D2,12D2,13D2,14D2,15D2,16D2,17D2,18D2,19D2,20D2,21D2,22D2,23D2,24D2,25D2,26D2;. The van der Waals surface area contributed by atoms with Gasteiger partial charge in [0.05, 0.1) is 32.6 Å². The summed E-state index contributed by atoms with van der Waals surface area (Å²) in [5.41, 5.74) is 0. The molecule has 0 heterocycles. The van der Waals surface area contributed by atoms with Crippen LogP contribution in [-0.2, 0) is 0 Å². The molecule has 0 atom stereocenters. The van der Waals surface area contributed by atoms with Crippen molar-refractivity contribution in [2.45, 2.75) is 141 Å². The predicted molar refractivity (Wildman–Crippen MR) is 126 cm³/mol. The number of quaternary nitrogens is 1. The maximum atomic E-state index is 8.73. The van der Waals surface area contributed by atoms with Crippen molar-refractivity contribution in [3.63, 3.8) is 0 Å². The van der Waals surface area contributed by atoms with Crippen LogP contribution in [0.3, 0.4) is 0 Å². The molecule has 0 aromatic heterocycles. The highest BCUT2D eigenvalue weighted by atomic mass is 79.9. The number of hydrogen-bond donors (Lipinski definition) is 0. The van der Waals surface area contributed by atoms with Crippen LogP contribution in [0.4, 0.5) is 0 Å². The predicted octanol–water partition coefficient (Wildman–Crippen LogP) is 5.91. The molecule has 0 aliphatic carbocycles. The topological polar surface area (TPSA) is 0 Å². The van der Waals surface area contributed by atoms with E-state index in [0.29, 0.717) is 0 Å². The van der Waals surface area contributed by atoms with E-state index in [2.05, 4.69) is 0 Å². The Morgan fingerprint density at radius 1 is 0.464 bits per heavy atom. The normalized spacial score (nSPS) is 50.2. The van der Waals surface area contributed by atoms with E-state index < -0.39 is 159 Å². The van der Waals surface area contributed by atoms with Gasteiger partial charge in [0.15, 0.2) is 0 Å². The van der Waals surface area contributed by atoms with Gasteiger partial charge in [-0.25, -0.2) is 0 Å². The maximum Gasteiger partial charge on any atom is 0.0924 e. The highest BCUT2D eigenvalue weighted by molar-refractivity contribution is 4.50. The van der Waals surface area contributed by atoms with Crippen molar-refractivity contribution < 1.29 is 90.0 Å². The monoisotopic (exact) mass is 512 g/mol. The molecule has 0 aromatic rings. The number of nitrogens with zero attached hydrogens (tertiary/aromatic N) is 1. The first kappa shape index (κ1) is 3.66. The summed E-state index contributed by atoms with van der Waals surface area (Å²) >= 11 is 0. The highest BCUT2D eigenvalue weighted by Gasteiger charge is 2.13. The van der Waals surface area contributed by atoms with Gasteiger partial charge >= 0.3 is 0 Å². The summed E-state index contributed by atoms with van der Waals surface area (Å²) in [5.74, 6) is 0. The Kier molecular flexibility index (Phi) is 3.10. The summed E-state index contributed by atoms with van der Waals surface area (Å²) in [5, 5.41) is 0. The number of halogens is 1. The quantitative estimate of drug-likeness (QED) is 0.158. The summed E-state index contributed by atoms with van der Waals surface area (Å²) in [6, 6.07) is 0. The summed E-state index contributed by atoms with van der Waals surface area (Å²) < 4.78 is 406. The fraction of sp³-hybridized carbons (Fsp3) is 1.00. The third-order valence-corrected chi connectivity index (χ3v) is 1.80. The molecule has 172 valence electrons. The van der Waals surface area contributed by atoms with Crippen LogP contribution in [-0.4, -0.2) is 31.6 Å². The molecular formula is C26H56BrN. The molecule has 1 nitrogen and oxygen atoms in total. The molecule has 0 aliphatic heterocycles. The summed E-state index contributed by atoms with van der Waals surface area (Å²) in [6.07, 6.45) is -102. The van der Waals surface area contributed by atoms with E-state index in [1.54, 1.807) is 0 Å². The SMILES string of the molecule is [2H]C([2H])([2H])C([2H])([2H])C([2H])([2H])C([2H])([2H])C([2H])([2H])C([2H])([2H])C([2H])([2H])C([2H])([2H])C([2H])([2H])C([2H])([2H])C([2H])([2H])C([2H])([2H])[N+](C)(C)C([2H])([2H])C([2H])([2H])C([2H])([2H])C([2H])([2H])C([2H])([2H])C([2H])([2H])C([2H])([2H])C([2H])([2H])C([2H])([2H])C([2H])([2H])C([2H])([2H])C([2H])([2H])[2H].[Br-]. The number of hydrogen-bond acceptors (Lipinski definition) is 0. The second kappa shape index (κ2) is 23.7. The molecule has 0 aliphatic rings. The van der Waals surface area contributed by atoms with Crippen molar-refractivity contribution >= 4 is 0 Å². The Morgan fingerprint density at radius 3 is 1.00 bits per heavy atom. The molecule has 0 spiro atoms. The molecule has 0 radical (unpaired) electrons. The molecule has 0 bridgehead atoms. The molecule has 0 saturated heterocycles. The summed E-state index contributed by atoms with van der Waals surface area (Å²) in [4.78, 5) is 0. The van der Waals surface area contributed by atoms with Crippen LogP contribution < -0.4 is 17.0 Å². The second-order valence-corrected chi connectivity index (χ2v) is 4.18. The van der Waals surface area contributed by atoms with Crippen LogP contribution in [0.25, 0.3) is 0 Å². The molecule has 0 N–H and O–H groups in total. The van der Waals surface area contributed by atoms with Gasteiger partial charge < -0.3 is 21.5 Å². The first-order valence-electron chi connectivity index (χ1n) is 31.8. The van der Waals surface area contributed by atoms with Crippen LogP contribution in [0.5, 0.6) is 0 Å². The van der Waals surface area contributed by atoms with Gasteiger partial charge in [0.2, 0.25) is 0 Å². The largest absolute Gasteiger partial charge is 1.00 e. The molecule has 28 heavy (non-hydrogen) atoms. The average molecular weight is 513 g/mol. The first-order chi connectivity index (χ1) is 32.0. The van der Waals surface area contributed by atoms with Crippen LogP contribution in [0, 0.1) is 0 Å². The van der Waals surface area contributed by atoms with Crippen LogP contribution in [0.15, 0.2) is 0 Å². The fourth-order valence-corrected chi connectivity index (χ4v) is 0.863. The third-order valence-electron chi connectivity index (χ3n) is 1.80. The van der Waals surface area contributed by atoms with E-state index in [1.807, 2.05) is 0 Å². The Labute approximate surface area is 261 Å². The van der Waals surface area contributed by atoms with E-state index in [4.69, 9.17) is 68.5 Å². The first-order valence-corrected chi connectivity index (χ1v) is 6.84. The molecule has 0 fully saturated rings. The van der Waals surface area contributed by atoms with Crippen molar-refractivity contribution in [2.24, 2.45) is 0 Å². The third kappa shape index (κ3) is 24.5. The van der Waals surface area contributed by atoms with Crippen molar-refractivity contribution in [2.75, 3.05) is 27.1 Å². The minimum absolute atomic E-state index is 0. The lowest BCUT2D eigenvalue weighted by Crippen LogP contribution is -3.00. The second-order valence-electron chi connectivity index (χ2n) is 4.18. The van der Waals surface area contributed by atoms with Crippen molar-refractivity contribution in [1.82, 2.24) is 0 Å². The zero-order valence-electron chi connectivity index (χ0n) is 64.8. The molecule has 0 amide bonds. The Morgan fingerprint density at radius 2 is 0.714 bits per heavy atom. The smallest absolute Gasteiger partial charge is 0.0924 e. The molecule has 0 saturated carbocycles. The van der Waals surface area contributed by atoms with Gasteiger partial charge in [-0.2, -0.15) is 0 Å². The van der Waals surface area contributed by atoms with E-state index >= 15 is 0 Å². The Bertz CT molecular complexity index is 2000. The average Bonchev–Trinajstić information content (AvgIpc) is 3.18. The Balaban J connectivity index is 0. The lowest BCUT2D eigenvalue weighted by Gasteiger charge is -2.30. The van der Waals surface area contributed by atoms with Crippen molar-refractivity contribution in [3.05, 3.63) is 0 Å². The lowest BCUT2D eigenvalue weighted by atomic mass is 10.1. The maximum absolute atomic E-state index is 8.73. The van der Waals surface area contributed by atoms with E-state index in [1.165, 1.54) is 0 Å². The number of rotatable bonds is 22. The van der Waals surface area contributed by atoms with Gasteiger partial charge in [-0.3, -0.25) is 0 Å². The molecule has 0 unspecified atom stereocenters. The Hall–Kier alpha value is 0.440. The van der Waals surface area contributed by atoms with E-state index in [-0.39, 0.29) is 31.1 Å². The van der Waals surface area contributed by atoms with Crippen molar-refractivity contribution in [3.8, 4) is 0 Å². The summed E-state index contributed by atoms with van der Waals surface area (Å²) in [7, 11) is -0.0892. The van der Waals surface area contributed by atoms with E-state index in [9.17, 15) is 0 Å². The van der Waals surface area contributed by atoms with Gasteiger partial charge in [0.25, 0.3) is 0 Å². The van der Waals surface area contributed by atoms with Gasteiger partial charge in [-0.05, 0) is 25.5 Å². The summed E-state index contributed by atoms with van der Waals surface area (Å²) in [6.45, 7) is -18.3. The fourth-order valence-electron chi connectivity index (χ4n) is 0.863. The van der Waals surface area contributed by atoms with Gasteiger partial charge in [0, 0.05) is 63.1 Å². The lowest BCUT2D eigenvalue weighted by molar-refractivity contribution is -0.890. The zero-order valence-corrected chi connectivity index (χ0v) is 16.4.